The highest BCUT2D eigenvalue weighted by molar-refractivity contribution is 6.31. The van der Waals surface area contributed by atoms with Crippen LogP contribution in [0.3, 0.4) is 0 Å². The molecule has 2 heterocycles. The van der Waals surface area contributed by atoms with Gasteiger partial charge in [-0.05, 0) is 19.1 Å². The van der Waals surface area contributed by atoms with Crippen LogP contribution in [-0.2, 0) is 0 Å². The van der Waals surface area contributed by atoms with E-state index >= 15 is 0 Å². The van der Waals surface area contributed by atoms with Crippen LogP contribution in [0.25, 0.3) is 0 Å². The van der Waals surface area contributed by atoms with Crippen LogP contribution >= 0.6 is 11.6 Å². The summed E-state index contributed by atoms with van der Waals surface area (Å²) >= 11 is 6.17. The van der Waals surface area contributed by atoms with Gasteiger partial charge in [0.15, 0.2) is 5.96 Å². The molecule has 1 atom stereocenters. The number of nitrogens with one attached hydrogen (secondary N) is 1. The number of hydrogen-bond acceptors (Lipinski definition) is 5. The Balaban J connectivity index is 1.62. The SMILES string of the molecule is CCNC(=NCC(O)c1ccccc1Cl)N1CCN(c2ncccn2)CC1. The lowest BCUT2D eigenvalue weighted by atomic mass is 10.1. The molecule has 1 aliphatic rings. The number of aliphatic hydroxyl groups is 1. The fourth-order valence-corrected chi connectivity index (χ4v) is 3.28. The molecular weight excluding hydrogens is 364 g/mol. The normalized spacial score (nSPS) is 16.3. The summed E-state index contributed by atoms with van der Waals surface area (Å²) in [6.07, 6.45) is 2.79. The number of rotatable bonds is 5. The summed E-state index contributed by atoms with van der Waals surface area (Å²) in [7, 11) is 0. The van der Waals surface area contributed by atoms with E-state index in [1.165, 1.54) is 0 Å². The highest BCUT2D eigenvalue weighted by atomic mass is 35.5. The van der Waals surface area contributed by atoms with Crippen molar-refractivity contribution in [3.63, 3.8) is 0 Å². The first-order chi connectivity index (χ1) is 13.2. The molecule has 0 saturated carbocycles. The van der Waals surface area contributed by atoms with Crippen LogP contribution < -0.4 is 10.2 Å². The van der Waals surface area contributed by atoms with Gasteiger partial charge in [0.2, 0.25) is 5.95 Å². The fraction of sp³-hybridized carbons (Fsp3) is 0.421. The van der Waals surface area contributed by atoms with E-state index in [1.807, 2.05) is 31.2 Å². The van der Waals surface area contributed by atoms with E-state index in [-0.39, 0.29) is 6.54 Å². The van der Waals surface area contributed by atoms with Gasteiger partial charge in [-0.2, -0.15) is 0 Å². The second-order valence-electron chi connectivity index (χ2n) is 6.25. The Morgan fingerprint density at radius 3 is 2.56 bits per heavy atom. The van der Waals surface area contributed by atoms with Gasteiger partial charge in [-0.25, -0.2) is 9.97 Å². The number of aliphatic hydroxyl groups excluding tert-OH is 1. The third-order valence-corrected chi connectivity index (χ3v) is 4.77. The Hall–Kier alpha value is -2.38. The van der Waals surface area contributed by atoms with Crippen molar-refractivity contribution in [1.82, 2.24) is 20.2 Å². The Morgan fingerprint density at radius 2 is 1.89 bits per heavy atom. The summed E-state index contributed by atoms with van der Waals surface area (Å²) in [5, 5.41) is 14.3. The van der Waals surface area contributed by atoms with Crippen molar-refractivity contribution in [2.45, 2.75) is 13.0 Å². The van der Waals surface area contributed by atoms with Gasteiger partial charge in [0, 0.05) is 55.7 Å². The number of benzene rings is 1. The average molecular weight is 389 g/mol. The van der Waals surface area contributed by atoms with E-state index in [9.17, 15) is 5.11 Å². The minimum Gasteiger partial charge on any atom is -0.386 e. The molecule has 0 bridgehead atoms. The van der Waals surface area contributed by atoms with Crippen molar-refractivity contribution in [3.05, 3.63) is 53.3 Å². The van der Waals surface area contributed by atoms with E-state index in [2.05, 4.69) is 30.1 Å². The molecule has 8 heteroatoms. The lowest BCUT2D eigenvalue weighted by molar-refractivity contribution is 0.186. The molecule has 27 heavy (non-hydrogen) atoms. The Bertz CT molecular complexity index is 749. The van der Waals surface area contributed by atoms with Gasteiger partial charge < -0.3 is 20.2 Å². The molecule has 1 aliphatic heterocycles. The first-order valence-corrected chi connectivity index (χ1v) is 9.54. The summed E-state index contributed by atoms with van der Waals surface area (Å²) in [6, 6.07) is 9.14. The molecule has 1 unspecified atom stereocenters. The van der Waals surface area contributed by atoms with Crippen molar-refractivity contribution in [2.75, 3.05) is 44.2 Å². The first kappa shape index (κ1) is 19.4. The van der Waals surface area contributed by atoms with E-state index < -0.39 is 6.10 Å². The highest BCUT2D eigenvalue weighted by Gasteiger charge is 2.21. The van der Waals surface area contributed by atoms with Crippen LogP contribution in [0.2, 0.25) is 5.02 Å². The summed E-state index contributed by atoms with van der Waals surface area (Å²) in [6.45, 7) is 6.33. The lowest BCUT2D eigenvalue weighted by Gasteiger charge is -2.36. The number of halogens is 1. The van der Waals surface area contributed by atoms with Gasteiger partial charge >= 0.3 is 0 Å². The van der Waals surface area contributed by atoms with E-state index in [0.29, 0.717) is 10.6 Å². The second-order valence-corrected chi connectivity index (χ2v) is 6.66. The fourth-order valence-electron chi connectivity index (χ4n) is 3.02. The Kier molecular flexibility index (Phi) is 6.84. The van der Waals surface area contributed by atoms with Crippen LogP contribution in [0.4, 0.5) is 5.95 Å². The first-order valence-electron chi connectivity index (χ1n) is 9.16. The summed E-state index contributed by atoms with van der Waals surface area (Å²) in [4.78, 5) is 17.6. The van der Waals surface area contributed by atoms with Gasteiger partial charge in [-0.15, -0.1) is 0 Å². The number of aliphatic imine (C=N–C) groups is 1. The Morgan fingerprint density at radius 1 is 1.19 bits per heavy atom. The van der Waals surface area contributed by atoms with Gasteiger partial charge in [0.05, 0.1) is 6.54 Å². The van der Waals surface area contributed by atoms with Crippen LogP contribution in [-0.4, -0.2) is 65.2 Å². The molecule has 0 amide bonds. The lowest BCUT2D eigenvalue weighted by Crippen LogP contribution is -2.53. The van der Waals surface area contributed by atoms with E-state index in [4.69, 9.17) is 11.6 Å². The molecule has 0 aliphatic carbocycles. The molecule has 0 spiro atoms. The molecule has 7 nitrogen and oxygen atoms in total. The van der Waals surface area contributed by atoms with Crippen molar-refractivity contribution >= 4 is 23.5 Å². The van der Waals surface area contributed by atoms with Gasteiger partial charge in [-0.1, -0.05) is 29.8 Å². The van der Waals surface area contributed by atoms with Crippen molar-refractivity contribution < 1.29 is 5.11 Å². The quantitative estimate of drug-likeness (QED) is 0.602. The predicted octanol–water partition coefficient (Wildman–Crippen LogP) is 1.95. The highest BCUT2D eigenvalue weighted by Crippen LogP contribution is 2.22. The smallest absolute Gasteiger partial charge is 0.225 e. The molecule has 2 aromatic rings. The summed E-state index contributed by atoms with van der Waals surface area (Å²) < 4.78 is 0. The molecule has 1 aromatic heterocycles. The van der Waals surface area contributed by atoms with Crippen LogP contribution in [0.1, 0.15) is 18.6 Å². The second kappa shape index (κ2) is 9.53. The Labute approximate surface area is 164 Å². The minimum absolute atomic E-state index is 0.258. The van der Waals surface area contributed by atoms with Crippen LogP contribution in [0, 0.1) is 0 Å². The van der Waals surface area contributed by atoms with Crippen molar-refractivity contribution in [3.8, 4) is 0 Å². The number of guanidine groups is 1. The maximum atomic E-state index is 10.4. The topological polar surface area (TPSA) is 76.9 Å². The number of anilines is 1. The average Bonchev–Trinajstić information content (AvgIpc) is 2.72. The van der Waals surface area contributed by atoms with Crippen LogP contribution in [0.15, 0.2) is 47.7 Å². The number of nitrogens with zero attached hydrogens (tertiary/aromatic N) is 5. The van der Waals surface area contributed by atoms with Crippen molar-refractivity contribution in [2.24, 2.45) is 4.99 Å². The molecule has 1 aromatic carbocycles. The van der Waals surface area contributed by atoms with Gasteiger partial charge in [0.25, 0.3) is 0 Å². The molecule has 3 rings (SSSR count). The number of aromatic nitrogens is 2. The van der Waals surface area contributed by atoms with E-state index in [0.717, 1.165) is 44.6 Å². The number of hydrogen-bond donors (Lipinski definition) is 2. The largest absolute Gasteiger partial charge is 0.386 e. The maximum absolute atomic E-state index is 10.4. The zero-order valence-electron chi connectivity index (χ0n) is 15.4. The maximum Gasteiger partial charge on any atom is 0.225 e. The predicted molar refractivity (Wildman–Crippen MR) is 108 cm³/mol. The standard InChI is InChI=1S/C19H25ClN6O/c1-2-21-18(24-14-17(27)15-6-3-4-7-16(15)20)25-10-12-26(13-11-25)19-22-8-5-9-23-19/h3-9,17,27H,2,10-14H2,1H3,(H,21,24). The molecule has 144 valence electrons. The van der Waals surface area contributed by atoms with Crippen molar-refractivity contribution in [1.29, 1.82) is 0 Å². The van der Waals surface area contributed by atoms with E-state index in [1.54, 1.807) is 18.5 Å². The van der Waals surface area contributed by atoms with Gasteiger partial charge in [-0.3, -0.25) is 4.99 Å². The minimum atomic E-state index is -0.730. The monoisotopic (exact) mass is 388 g/mol. The van der Waals surface area contributed by atoms with Crippen LogP contribution in [0.5, 0.6) is 0 Å². The molecule has 1 fully saturated rings. The zero-order chi connectivity index (χ0) is 19.1. The molecule has 1 saturated heterocycles. The summed E-state index contributed by atoms with van der Waals surface area (Å²) in [5.74, 6) is 1.56. The van der Waals surface area contributed by atoms with Gasteiger partial charge in [0.1, 0.15) is 6.10 Å². The summed E-state index contributed by atoms with van der Waals surface area (Å²) in [5.41, 5.74) is 0.699. The molecule has 0 radical (unpaired) electrons. The number of piperazine rings is 1. The third-order valence-electron chi connectivity index (χ3n) is 4.43. The molecular formula is C19H25ClN6O. The zero-order valence-corrected chi connectivity index (χ0v) is 16.2. The third kappa shape index (κ3) is 5.08. The molecule has 2 N–H and O–H groups in total.